The third-order valence-corrected chi connectivity index (χ3v) is 14.4. The molecule has 0 unspecified atom stereocenters. The van der Waals surface area contributed by atoms with Crippen LogP contribution in [-0.4, -0.2) is 45.0 Å². The van der Waals surface area contributed by atoms with Gasteiger partial charge in [-0.05, 0) is 81.2 Å². The molecule has 324 valence electrons. The van der Waals surface area contributed by atoms with Gasteiger partial charge in [0.1, 0.15) is 23.2 Å². The van der Waals surface area contributed by atoms with E-state index in [1.165, 1.54) is 12.2 Å². The van der Waals surface area contributed by atoms with Crippen LogP contribution in [0, 0.1) is 0 Å². The van der Waals surface area contributed by atoms with E-state index < -0.39 is 35.1 Å². The third kappa shape index (κ3) is 6.84. The number of carbonyl (C=O) groups excluding carboxylic acids is 6. The number of Topliss-reactive ketones (excluding diaryl/α,β-unsaturated/α-hetero) is 4. The smallest absolute Gasteiger partial charge is 0.340 e. The largest absolute Gasteiger partial charge is 0.457 e. The number of ether oxygens (including phenoxy) is 2. The van der Waals surface area contributed by atoms with Crippen LogP contribution in [0.3, 0.4) is 0 Å². The van der Waals surface area contributed by atoms with E-state index in [-0.39, 0.29) is 56.5 Å². The minimum atomic E-state index is -0.684. The van der Waals surface area contributed by atoms with Crippen LogP contribution in [0.2, 0.25) is 0 Å². The molecule has 2 heterocycles. The molecule has 0 saturated carbocycles. The molecular weight excluding hydrogens is 893 g/mol. The number of nitrogens with zero attached hydrogens (tertiary/aromatic N) is 2. The van der Waals surface area contributed by atoms with E-state index in [0.29, 0.717) is 42.4 Å². The van der Waals surface area contributed by atoms with Crippen LogP contribution in [0.1, 0.15) is 83.3 Å². The number of hydrogen-bond donors (Lipinski definition) is 0. The molecule has 0 spiro atoms. The summed E-state index contributed by atoms with van der Waals surface area (Å²) in [7, 11) is 0. The van der Waals surface area contributed by atoms with Crippen LogP contribution in [0.15, 0.2) is 157 Å². The lowest BCUT2D eigenvalue weighted by molar-refractivity contribution is 0.0466. The van der Waals surface area contributed by atoms with Crippen LogP contribution in [-0.2, 0) is 22.7 Å². The normalized spacial score (nSPS) is 13.3. The lowest BCUT2D eigenvalue weighted by Gasteiger charge is -2.10. The van der Waals surface area contributed by atoms with Crippen LogP contribution in [0.25, 0.3) is 64.9 Å². The molecule has 10 nitrogen and oxygen atoms in total. The number of fused-ring (bicyclic) bond motifs is 9. The minimum absolute atomic E-state index is 0.0320. The zero-order chi connectivity index (χ0) is 46.2. The van der Waals surface area contributed by atoms with E-state index in [2.05, 4.69) is 0 Å². The topological polar surface area (TPSA) is 147 Å². The van der Waals surface area contributed by atoms with Crippen molar-refractivity contribution in [3.05, 3.63) is 211 Å². The van der Waals surface area contributed by atoms with Gasteiger partial charge in [0, 0.05) is 33.0 Å². The van der Waals surface area contributed by atoms with Gasteiger partial charge in [0.15, 0.2) is 23.1 Å². The minimum Gasteiger partial charge on any atom is -0.457 e. The molecule has 2 aliphatic carbocycles. The van der Waals surface area contributed by atoms with Crippen molar-refractivity contribution in [3.8, 4) is 0 Å². The van der Waals surface area contributed by atoms with E-state index in [9.17, 15) is 28.8 Å². The summed E-state index contributed by atoms with van der Waals surface area (Å²) in [5.41, 5.74) is 3.25. The Kier molecular flexibility index (Phi) is 9.67. The molecule has 12 heteroatoms. The zero-order valence-corrected chi connectivity index (χ0v) is 37.0. The van der Waals surface area contributed by atoms with E-state index in [4.69, 9.17) is 19.4 Å². The summed E-state index contributed by atoms with van der Waals surface area (Å²) in [6.07, 6.45) is 2.90. The molecule has 68 heavy (non-hydrogen) atoms. The van der Waals surface area contributed by atoms with E-state index in [1.807, 2.05) is 109 Å². The Labute approximate surface area is 393 Å². The summed E-state index contributed by atoms with van der Waals surface area (Å²) in [4.78, 5) is 93.9. The predicted octanol–water partition coefficient (Wildman–Crippen LogP) is 12.0. The Bertz CT molecular complexity index is 3610. The quantitative estimate of drug-likeness (QED) is 0.0819. The summed E-state index contributed by atoms with van der Waals surface area (Å²) < 4.78 is 12.7. The Morgan fingerprint density at radius 3 is 1.10 bits per heavy atom. The van der Waals surface area contributed by atoms with E-state index in [0.717, 1.165) is 55.3 Å². The second-order valence-electron chi connectivity index (χ2n) is 16.4. The zero-order valence-electron chi connectivity index (χ0n) is 35.4. The molecule has 0 fully saturated rings. The van der Waals surface area contributed by atoms with Crippen molar-refractivity contribution in [2.45, 2.75) is 13.2 Å². The predicted molar refractivity (Wildman–Crippen MR) is 263 cm³/mol. The molecule has 2 aromatic heterocycles. The van der Waals surface area contributed by atoms with Gasteiger partial charge in [-0.1, -0.05) is 109 Å². The maximum Gasteiger partial charge on any atom is 0.340 e. The van der Waals surface area contributed by atoms with Gasteiger partial charge < -0.3 is 9.47 Å². The van der Waals surface area contributed by atoms with Crippen LogP contribution in [0.4, 0.5) is 0 Å². The van der Waals surface area contributed by atoms with Gasteiger partial charge in [-0.15, -0.1) is 22.7 Å². The van der Waals surface area contributed by atoms with Crippen molar-refractivity contribution < 1.29 is 38.2 Å². The molecule has 2 aliphatic rings. The van der Waals surface area contributed by atoms with Crippen molar-refractivity contribution >= 4 is 123 Å². The summed E-state index contributed by atoms with van der Waals surface area (Å²) in [6.45, 7) is -0.0640. The second-order valence-corrected chi connectivity index (χ2v) is 18.5. The SMILES string of the molecule is O=C1C(=Cc2nc3c(C(=O)OCc4ccccc4)cc4c(cc(C(=O)OCc5ccccc5)c5nc(C=C6C(=O)c7cc8ccccc8cc7C6=O)sc54)c3s2)C(=O)c2cc3ccccc3cc21. The van der Waals surface area contributed by atoms with Gasteiger partial charge in [0.05, 0.1) is 42.7 Å². The van der Waals surface area contributed by atoms with Crippen LogP contribution < -0.4 is 0 Å². The average Bonchev–Trinajstić information content (AvgIpc) is 4.11. The number of rotatable bonds is 8. The fourth-order valence-electron chi connectivity index (χ4n) is 8.92. The van der Waals surface area contributed by atoms with Crippen molar-refractivity contribution in [2.75, 3.05) is 0 Å². The highest BCUT2D eigenvalue weighted by molar-refractivity contribution is 7.21. The van der Waals surface area contributed by atoms with Crippen molar-refractivity contribution in [1.29, 1.82) is 0 Å². The molecule has 0 radical (unpaired) electrons. The second kappa shape index (κ2) is 16.1. The number of ketones is 4. The fraction of sp³-hybridized carbons (Fsp3) is 0.0357. The summed E-state index contributed by atoms with van der Waals surface area (Å²) in [5, 5.41) is 4.86. The Hall–Kier alpha value is -8.58. The molecular formula is C56H30N2O8S2. The van der Waals surface area contributed by atoms with Crippen molar-refractivity contribution in [3.63, 3.8) is 0 Å². The number of thiazole rings is 2. The summed E-state index contributed by atoms with van der Waals surface area (Å²) in [6, 6.07) is 43.6. The Morgan fingerprint density at radius 1 is 0.441 bits per heavy atom. The van der Waals surface area contributed by atoms with Crippen LogP contribution in [0.5, 0.6) is 0 Å². The summed E-state index contributed by atoms with van der Waals surface area (Å²) in [5.74, 6) is -3.11. The molecule has 10 aromatic rings. The molecule has 0 N–H and O–H groups in total. The first-order valence-corrected chi connectivity index (χ1v) is 23.1. The first kappa shape index (κ1) is 40.9. The summed E-state index contributed by atoms with van der Waals surface area (Å²) >= 11 is 2.29. The molecule has 0 atom stereocenters. The number of carbonyl (C=O) groups is 6. The molecule has 0 amide bonds. The number of benzene rings is 8. The Morgan fingerprint density at radius 2 is 0.765 bits per heavy atom. The van der Waals surface area contributed by atoms with Gasteiger partial charge in [0.2, 0.25) is 0 Å². The molecule has 0 saturated heterocycles. The van der Waals surface area contributed by atoms with Gasteiger partial charge >= 0.3 is 11.9 Å². The molecule has 12 rings (SSSR count). The van der Waals surface area contributed by atoms with Gasteiger partial charge in [0.25, 0.3) is 0 Å². The van der Waals surface area contributed by atoms with Crippen LogP contribution >= 0.6 is 22.7 Å². The first-order chi connectivity index (χ1) is 33.2. The average molecular weight is 923 g/mol. The highest BCUT2D eigenvalue weighted by Crippen LogP contribution is 2.43. The lowest BCUT2D eigenvalue weighted by atomic mass is 10.0. The lowest BCUT2D eigenvalue weighted by Crippen LogP contribution is -2.08. The maximum absolute atomic E-state index is 14.3. The Balaban J connectivity index is 1.03. The van der Waals surface area contributed by atoms with Gasteiger partial charge in [-0.3, -0.25) is 19.2 Å². The van der Waals surface area contributed by atoms with Crippen molar-refractivity contribution in [1.82, 2.24) is 9.97 Å². The number of esters is 2. The number of aromatic nitrogens is 2. The maximum atomic E-state index is 14.3. The standard InChI is InChI=1S/C56H30N2O8S2/c59-49-35-19-31-15-7-8-16-32(31)20-36(35)50(60)43(49)25-45-57-47-41(55(63)65-27-29-11-3-1-4-12-29)23-39-40(53(47)67-45)24-42(56(64)66-28-30-13-5-2-6-14-30)48-54(39)68-46(58-48)26-44-51(61)37-21-33-17-9-10-18-34(33)22-38(37)52(44)62/h1-26H,27-28H2. The van der Waals surface area contributed by atoms with Crippen molar-refractivity contribution in [2.24, 2.45) is 0 Å². The monoisotopic (exact) mass is 922 g/mol. The van der Waals surface area contributed by atoms with E-state index in [1.54, 1.807) is 36.4 Å². The van der Waals surface area contributed by atoms with Gasteiger partial charge in [-0.25, -0.2) is 19.6 Å². The number of allylic oxidation sites excluding steroid dienone is 2. The highest BCUT2D eigenvalue weighted by Gasteiger charge is 2.36. The fourth-order valence-corrected chi connectivity index (χ4v) is 11.0. The first-order valence-electron chi connectivity index (χ1n) is 21.5. The molecule has 0 bridgehead atoms. The highest BCUT2D eigenvalue weighted by atomic mass is 32.1. The molecule has 8 aromatic carbocycles. The van der Waals surface area contributed by atoms with E-state index >= 15 is 0 Å². The third-order valence-electron chi connectivity index (χ3n) is 12.3. The van der Waals surface area contributed by atoms with Gasteiger partial charge in [-0.2, -0.15) is 0 Å². The molecule has 0 aliphatic heterocycles. The number of hydrogen-bond acceptors (Lipinski definition) is 12.